The van der Waals surface area contributed by atoms with E-state index < -0.39 is 20.5 Å². The van der Waals surface area contributed by atoms with E-state index in [0.717, 1.165) is 25.5 Å². The maximum atomic E-state index is 12.5. The first-order valence-corrected chi connectivity index (χ1v) is 8.77. The molecule has 136 valence electrons. The van der Waals surface area contributed by atoms with Crippen molar-refractivity contribution in [2.45, 2.75) is 30.2 Å². The Morgan fingerprint density at radius 2 is 2.17 bits per heavy atom. The fraction of sp³-hybridized carbons (Fsp3) is 0.571. The van der Waals surface area contributed by atoms with Crippen LogP contribution in [-0.4, -0.2) is 45.7 Å². The third-order valence-electron chi connectivity index (χ3n) is 4.03. The number of nitro groups is 1. The fourth-order valence-corrected chi connectivity index (χ4v) is 4.16. The molecule has 1 atom stereocenters. The lowest BCUT2D eigenvalue weighted by Crippen LogP contribution is -2.52. The number of sulfonamides is 1. The van der Waals surface area contributed by atoms with Crippen LogP contribution < -0.4 is 10.0 Å². The lowest BCUT2D eigenvalue weighted by Gasteiger charge is -2.29. The molecule has 1 aromatic rings. The third kappa shape index (κ3) is 4.64. The van der Waals surface area contributed by atoms with Gasteiger partial charge in [-0.25, -0.2) is 13.1 Å². The molecular formula is C14H22ClN3O5S. The number of aryl methyl sites for hydroxylation is 1. The Morgan fingerprint density at radius 3 is 2.71 bits per heavy atom. The predicted octanol–water partition coefficient (Wildman–Crippen LogP) is 1.37. The van der Waals surface area contributed by atoms with Gasteiger partial charge in [-0.15, -0.1) is 12.4 Å². The van der Waals surface area contributed by atoms with Gasteiger partial charge in [-0.2, -0.15) is 0 Å². The number of ether oxygens (including phenoxy) is 1. The summed E-state index contributed by atoms with van der Waals surface area (Å²) in [5.74, 6) is 0. The van der Waals surface area contributed by atoms with Gasteiger partial charge in [0, 0.05) is 25.8 Å². The molecule has 0 aromatic heterocycles. The van der Waals surface area contributed by atoms with Crippen molar-refractivity contribution < 1.29 is 18.1 Å². The van der Waals surface area contributed by atoms with Crippen LogP contribution in [-0.2, 0) is 14.8 Å². The zero-order valence-electron chi connectivity index (χ0n) is 13.6. The molecule has 2 N–H and O–H groups in total. The molecule has 0 bridgehead atoms. The summed E-state index contributed by atoms with van der Waals surface area (Å²) in [6.07, 6.45) is 1.75. The highest BCUT2D eigenvalue weighted by Gasteiger charge is 2.35. The lowest BCUT2D eigenvalue weighted by atomic mass is 9.99. The van der Waals surface area contributed by atoms with Gasteiger partial charge in [0.05, 0.1) is 22.0 Å². The number of benzene rings is 1. The lowest BCUT2D eigenvalue weighted by molar-refractivity contribution is -0.385. The first-order valence-electron chi connectivity index (χ1n) is 7.28. The molecule has 0 aliphatic carbocycles. The third-order valence-corrected chi connectivity index (χ3v) is 5.57. The summed E-state index contributed by atoms with van der Waals surface area (Å²) in [4.78, 5) is 10.2. The molecule has 8 nitrogen and oxygen atoms in total. The second-order valence-electron chi connectivity index (χ2n) is 5.78. The summed E-state index contributed by atoms with van der Waals surface area (Å²) < 4.78 is 32.8. The Morgan fingerprint density at radius 1 is 1.46 bits per heavy atom. The van der Waals surface area contributed by atoms with Crippen molar-refractivity contribution in [1.82, 2.24) is 10.0 Å². The van der Waals surface area contributed by atoms with Gasteiger partial charge < -0.3 is 10.1 Å². The van der Waals surface area contributed by atoms with E-state index in [-0.39, 0.29) is 29.5 Å². The van der Waals surface area contributed by atoms with Crippen LogP contribution in [0.5, 0.6) is 0 Å². The standard InChI is InChI=1S/C14H21N3O5S.ClH/c1-11-4-5-12(17(18)19)8-13(11)23(20,21)16-9-14(10-22-2)6-3-7-15-14;/h4-5,8,15-16H,3,6-7,9-10H2,1-2H3;1H. The van der Waals surface area contributed by atoms with Gasteiger partial charge in [0.2, 0.25) is 10.0 Å². The highest BCUT2D eigenvalue weighted by atomic mass is 35.5. The van der Waals surface area contributed by atoms with E-state index >= 15 is 0 Å². The van der Waals surface area contributed by atoms with Crippen molar-refractivity contribution in [3.05, 3.63) is 33.9 Å². The largest absolute Gasteiger partial charge is 0.383 e. The van der Waals surface area contributed by atoms with Gasteiger partial charge in [-0.1, -0.05) is 6.07 Å². The second-order valence-corrected chi connectivity index (χ2v) is 7.51. The Balaban J connectivity index is 0.00000288. The van der Waals surface area contributed by atoms with E-state index in [0.29, 0.717) is 12.2 Å². The molecular weight excluding hydrogens is 358 g/mol. The van der Waals surface area contributed by atoms with E-state index in [1.165, 1.54) is 12.1 Å². The summed E-state index contributed by atoms with van der Waals surface area (Å²) in [6.45, 7) is 2.98. The minimum Gasteiger partial charge on any atom is -0.383 e. The van der Waals surface area contributed by atoms with Crippen molar-refractivity contribution >= 4 is 28.1 Å². The Kier molecular flexibility index (Phi) is 7.11. The van der Waals surface area contributed by atoms with Gasteiger partial charge in [-0.05, 0) is 31.9 Å². The normalized spacial score (nSPS) is 20.6. The molecule has 1 aliphatic rings. The van der Waals surface area contributed by atoms with Crippen molar-refractivity contribution in [3.8, 4) is 0 Å². The smallest absolute Gasteiger partial charge is 0.270 e. The molecule has 1 unspecified atom stereocenters. The maximum absolute atomic E-state index is 12.5. The number of rotatable bonds is 7. The van der Waals surface area contributed by atoms with Crippen LogP contribution in [0.3, 0.4) is 0 Å². The van der Waals surface area contributed by atoms with E-state index in [2.05, 4.69) is 10.0 Å². The van der Waals surface area contributed by atoms with E-state index in [1.807, 2.05) is 0 Å². The number of non-ortho nitro benzene ring substituents is 1. The topological polar surface area (TPSA) is 111 Å². The molecule has 0 spiro atoms. The molecule has 10 heteroatoms. The minimum absolute atomic E-state index is 0. The zero-order chi connectivity index (χ0) is 17.1. The van der Waals surface area contributed by atoms with Crippen LogP contribution in [0.1, 0.15) is 18.4 Å². The number of nitro benzene ring substituents is 1. The molecule has 2 rings (SSSR count). The molecule has 0 amide bonds. The summed E-state index contributed by atoms with van der Waals surface area (Å²) in [6, 6.07) is 3.81. The van der Waals surface area contributed by atoms with Crippen molar-refractivity contribution in [2.24, 2.45) is 0 Å². The summed E-state index contributed by atoms with van der Waals surface area (Å²) in [5.41, 5.74) is -0.221. The minimum atomic E-state index is -3.84. The Bertz CT molecular complexity index is 690. The van der Waals surface area contributed by atoms with Crippen LogP contribution in [0.4, 0.5) is 5.69 Å². The fourth-order valence-electron chi connectivity index (χ4n) is 2.77. The van der Waals surface area contributed by atoms with Gasteiger partial charge >= 0.3 is 0 Å². The van der Waals surface area contributed by atoms with Gasteiger partial charge in [0.25, 0.3) is 5.69 Å². The first kappa shape index (κ1) is 20.8. The van der Waals surface area contributed by atoms with Gasteiger partial charge in [0.1, 0.15) is 0 Å². The average Bonchev–Trinajstić information content (AvgIpc) is 2.95. The Hall–Kier alpha value is -1.26. The molecule has 1 fully saturated rings. The quantitative estimate of drug-likeness (QED) is 0.546. The van der Waals surface area contributed by atoms with E-state index in [4.69, 9.17) is 4.74 Å². The number of nitrogens with one attached hydrogen (secondary N) is 2. The molecule has 1 aromatic carbocycles. The van der Waals surface area contributed by atoms with Crippen LogP contribution in [0.25, 0.3) is 0 Å². The van der Waals surface area contributed by atoms with Crippen molar-refractivity contribution in [1.29, 1.82) is 0 Å². The van der Waals surface area contributed by atoms with E-state index in [1.54, 1.807) is 14.0 Å². The second kappa shape index (κ2) is 8.21. The molecule has 1 aliphatic heterocycles. The molecule has 0 radical (unpaired) electrons. The number of methoxy groups -OCH3 is 1. The van der Waals surface area contributed by atoms with Crippen LogP contribution in [0, 0.1) is 17.0 Å². The predicted molar refractivity (Wildman–Crippen MR) is 92.1 cm³/mol. The number of nitrogens with zero attached hydrogens (tertiary/aromatic N) is 1. The highest BCUT2D eigenvalue weighted by molar-refractivity contribution is 7.89. The number of hydrogen-bond donors (Lipinski definition) is 2. The summed E-state index contributed by atoms with van der Waals surface area (Å²) >= 11 is 0. The van der Waals surface area contributed by atoms with E-state index in [9.17, 15) is 18.5 Å². The zero-order valence-corrected chi connectivity index (χ0v) is 15.2. The maximum Gasteiger partial charge on any atom is 0.270 e. The summed E-state index contributed by atoms with van der Waals surface area (Å²) in [5, 5.41) is 14.1. The van der Waals surface area contributed by atoms with Crippen LogP contribution >= 0.6 is 12.4 Å². The molecule has 24 heavy (non-hydrogen) atoms. The first-order chi connectivity index (χ1) is 10.8. The van der Waals surface area contributed by atoms with Gasteiger partial charge in [0.15, 0.2) is 0 Å². The van der Waals surface area contributed by atoms with Gasteiger partial charge in [-0.3, -0.25) is 10.1 Å². The average molecular weight is 380 g/mol. The Labute approximate surface area is 147 Å². The monoisotopic (exact) mass is 379 g/mol. The number of halogens is 1. The number of hydrogen-bond acceptors (Lipinski definition) is 6. The summed E-state index contributed by atoms with van der Waals surface area (Å²) in [7, 11) is -2.27. The van der Waals surface area contributed by atoms with Crippen molar-refractivity contribution in [2.75, 3.05) is 26.8 Å². The van der Waals surface area contributed by atoms with Crippen LogP contribution in [0.15, 0.2) is 23.1 Å². The van der Waals surface area contributed by atoms with Crippen LogP contribution in [0.2, 0.25) is 0 Å². The molecule has 0 saturated carbocycles. The van der Waals surface area contributed by atoms with Crippen molar-refractivity contribution in [3.63, 3.8) is 0 Å². The molecule has 1 heterocycles. The molecule has 1 saturated heterocycles. The highest BCUT2D eigenvalue weighted by Crippen LogP contribution is 2.23. The SMILES string of the molecule is COCC1(CNS(=O)(=O)c2cc([N+](=O)[O-])ccc2C)CCCN1.Cl.